The van der Waals surface area contributed by atoms with E-state index in [1.54, 1.807) is 0 Å². The van der Waals surface area contributed by atoms with Crippen LogP contribution in [0.25, 0.3) is 11.0 Å². The van der Waals surface area contributed by atoms with Crippen LogP contribution in [0.15, 0.2) is 18.2 Å². The van der Waals surface area contributed by atoms with E-state index in [9.17, 15) is 0 Å². The van der Waals surface area contributed by atoms with Gasteiger partial charge in [-0.25, -0.2) is 0 Å². The van der Waals surface area contributed by atoms with E-state index in [1.807, 2.05) is 18.2 Å². The van der Waals surface area contributed by atoms with Gasteiger partial charge in [-0.15, -0.1) is 0 Å². The van der Waals surface area contributed by atoms with Gasteiger partial charge in [-0.1, -0.05) is 11.6 Å². The molecule has 1 unspecified atom stereocenters. The number of ether oxygens (including phenoxy) is 1. The summed E-state index contributed by atoms with van der Waals surface area (Å²) < 4.78 is 8.60. The van der Waals surface area contributed by atoms with E-state index < -0.39 is 0 Å². The molecule has 0 aliphatic carbocycles. The Hall–Kier alpha value is -0.840. The molecule has 1 atom stereocenters. The molecule has 1 aliphatic heterocycles. The van der Waals surface area contributed by atoms with Crippen LogP contribution in [-0.4, -0.2) is 22.3 Å². The SMILES string of the molecule is S=c1[nH]c2ccc(Cl)cc2n1CC1CCCCO1. The molecule has 3 nitrogen and oxygen atoms in total. The van der Waals surface area contributed by atoms with Crippen LogP contribution in [0, 0.1) is 4.77 Å². The van der Waals surface area contributed by atoms with Crippen molar-refractivity contribution in [2.75, 3.05) is 6.61 Å². The van der Waals surface area contributed by atoms with Gasteiger partial charge in [0.1, 0.15) is 0 Å². The Balaban J connectivity index is 1.97. The van der Waals surface area contributed by atoms with Crippen molar-refractivity contribution in [1.82, 2.24) is 9.55 Å². The molecule has 1 fully saturated rings. The van der Waals surface area contributed by atoms with Crippen LogP contribution in [0.4, 0.5) is 0 Å². The minimum atomic E-state index is 0.267. The maximum absolute atomic E-state index is 6.05. The number of benzene rings is 1. The zero-order valence-electron chi connectivity index (χ0n) is 9.99. The van der Waals surface area contributed by atoms with Gasteiger partial charge in [-0.2, -0.15) is 0 Å². The van der Waals surface area contributed by atoms with Crippen molar-refractivity contribution in [3.8, 4) is 0 Å². The van der Waals surface area contributed by atoms with Gasteiger partial charge in [0.15, 0.2) is 4.77 Å². The summed E-state index contributed by atoms with van der Waals surface area (Å²) in [6.07, 6.45) is 3.78. The highest BCUT2D eigenvalue weighted by Crippen LogP contribution is 2.22. The number of imidazole rings is 1. The first-order valence-electron chi connectivity index (χ1n) is 6.24. The Labute approximate surface area is 116 Å². The first kappa shape index (κ1) is 12.2. The fraction of sp³-hybridized carbons (Fsp3) is 0.462. The van der Waals surface area contributed by atoms with Gasteiger partial charge in [0.25, 0.3) is 0 Å². The summed E-state index contributed by atoms with van der Waals surface area (Å²) >= 11 is 11.4. The molecule has 1 aromatic heterocycles. The number of hydrogen-bond donors (Lipinski definition) is 1. The summed E-state index contributed by atoms with van der Waals surface area (Å²) in [5.41, 5.74) is 2.09. The highest BCUT2D eigenvalue weighted by molar-refractivity contribution is 7.71. The molecule has 2 heterocycles. The van der Waals surface area contributed by atoms with Crippen molar-refractivity contribution in [1.29, 1.82) is 0 Å². The number of fused-ring (bicyclic) bond motifs is 1. The fourth-order valence-corrected chi connectivity index (χ4v) is 2.91. The topological polar surface area (TPSA) is 29.9 Å². The van der Waals surface area contributed by atoms with Gasteiger partial charge in [-0.05, 0) is 49.7 Å². The van der Waals surface area contributed by atoms with E-state index in [-0.39, 0.29) is 6.10 Å². The maximum atomic E-state index is 6.05. The number of aromatic nitrogens is 2. The quantitative estimate of drug-likeness (QED) is 0.846. The molecule has 2 aromatic rings. The number of H-pyrrole nitrogens is 1. The Morgan fingerprint density at radius 1 is 1.44 bits per heavy atom. The predicted octanol–water partition coefficient (Wildman–Crippen LogP) is 3.92. The van der Waals surface area contributed by atoms with Crippen molar-refractivity contribution >= 4 is 34.9 Å². The number of nitrogens with one attached hydrogen (secondary N) is 1. The third kappa shape index (κ3) is 2.32. The summed E-state index contributed by atoms with van der Waals surface area (Å²) in [5, 5.41) is 0.731. The van der Waals surface area contributed by atoms with Gasteiger partial charge >= 0.3 is 0 Å². The third-order valence-electron chi connectivity index (χ3n) is 3.40. The van der Waals surface area contributed by atoms with Crippen molar-refractivity contribution in [3.05, 3.63) is 28.0 Å². The lowest BCUT2D eigenvalue weighted by Gasteiger charge is -2.23. The van der Waals surface area contributed by atoms with Gasteiger partial charge in [0.05, 0.1) is 23.7 Å². The summed E-state index contributed by atoms with van der Waals surface area (Å²) in [7, 11) is 0. The van der Waals surface area contributed by atoms with Crippen LogP contribution in [0.2, 0.25) is 5.02 Å². The molecule has 0 bridgehead atoms. The largest absolute Gasteiger partial charge is 0.376 e. The van der Waals surface area contributed by atoms with E-state index in [0.717, 1.165) is 40.4 Å². The van der Waals surface area contributed by atoms with Crippen LogP contribution in [0.3, 0.4) is 0 Å². The molecule has 0 spiro atoms. The lowest BCUT2D eigenvalue weighted by Crippen LogP contribution is -2.24. The average molecular weight is 283 g/mol. The molecule has 1 saturated heterocycles. The van der Waals surface area contributed by atoms with Crippen LogP contribution in [0.5, 0.6) is 0 Å². The predicted molar refractivity (Wildman–Crippen MR) is 75.7 cm³/mol. The number of aromatic amines is 1. The molecule has 1 N–H and O–H groups in total. The molecule has 5 heteroatoms. The molecule has 96 valence electrons. The van der Waals surface area contributed by atoms with Crippen LogP contribution >= 0.6 is 23.8 Å². The first-order chi connectivity index (χ1) is 8.74. The summed E-state index contributed by atoms with van der Waals surface area (Å²) in [4.78, 5) is 3.21. The molecule has 0 amide bonds. The summed E-state index contributed by atoms with van der Waals surface area (Å²) in [5.74, 6) is 0. The monoisotopic (exact) mass is 282 g/mol. The van der Waals surface area contributed by atoms with Crippen molar-refractivity contribution in [2.45, 2.75) is 31.9 Å². The summed E-state index contributed by atoms with van der Waals surface area (Å²) in [6, 6.07) is 5.79. The Kier molecular flexibility index (Phi) is 3.41. The zero-order chi connectivity index (χ0) is 12.5. The van der Waals surface area contributed by atoms with E-state index in [1.165, 1.54) is 12.8 Å². The van der Waals surface area contributed by atoms with Crippen LogP contribution in [0.1, 0.15) is 19.3 Å². The van der Waals surface area contributed by atoms with Crippen LogP contribution in [-0.2, 0) is 11.3 Å². The average Bonchev–Trinajstić information content (AvgIpc) is 2.67. The molecule has 0 saturated carbocycles. The van der Waals surface area contributed by atoms with Crippen LogP contribution < -0.4 is 0 Å². The fourth-order valence-electron chi connectivity index (χ4n) is 2.46. The minimum absolute atomic E-state index is 0.267. The van der Waals surface area contributed by atoms with Gasteiger partial charge in [0, 0.05) is 11.6 Å². The van der Waals surface area contributed by atoms with Crippen molar-refractivity contribution in [3.63, 3.8) is 0 Å². The number of hydrogen-bond acceptors (Lipinski definition) is 2. The van der Waals surface area contributed by atoms with E-state index in [2.05, 4.69) is 9.55 Å². The lowest BCUT2D eigenvalue weighted by molar-refractivity contribution is 0.00641. The Bertz CT molecular complexity index is 613. The number of rotatable bonds is 2. The molecule has 18 heavy (non-hydrogen) atoms. The first-order valence-corrected chi connectivity index (χ1v) is 7.02. The lowest BCUT2D eigenvalue weighted by atomic mass is 10.1. The third-order valence-corrected chi connectivity index (χ3v) is 3.96. The highest BCUT2D eigenvalue weighted by Gasteiger charge is 2.16. The normalized spacial score (nSPS) is 20.4. The van der Waals surface area contributed by atoms with Gasteiger partial charge in [-0.3, -0.25) is 0 Å². The summed E-state index contributed by atoms with van der Waals surface area (Å²) in [6.45, 7) is 1.67. The Morgan fingerprint density at radius 2 is 2.33 bits per heavy atom. The number of nitrogens with zero attached hydrogens (tertiary/aromatic N) is 1. The van der Waals surface area contributed by atoms with E-state index in [4.69, 9.17) is 28.6 Å². The maximum Gasteiger partial charge on any atom is 0.178 e. The molecule has 1 aromatic carbocycles. The second kappa shape index (κ2) is 5.03. The van der Waals surface area contributed by atoms with Crippen molar-refractivity contribution < 1.29 is 4.74 Å². The molecular weight excluding hydrogens is 268 g/mol. The smallest absolute Gasteiger partial charge is 0.178 e. The molecule has 3 rings (SSSR count). The second-order valence-corrected chi connectivity index (χ2v) is 5.51. The second-order valence-electron chi connectivity index (χ2n) is 4.69. The standard InChI is InChI=1S/C13H15ClN2OS/c14-9-4-5-11-12(7-9)16(13(18)15-11)8-10-3-1-2-6-17-10/h4-5,7,10H,1-3,6,8H2,(H,15,18). The van der Waals surface area contributed by atoms with Gasteiger partial charge < -0.3 is 14.3 Å². The van der Waals surface area contributed by atoms with Crippen molar-refractivity contribution in [2.24, 2.45) is 0 Å². The van der Waals surface area contributed by atoms with E-state index in [0.29, 0.717) is 0 Å². The minimum Gasteiger partial charge on any atom is -0.376 e. The molecular formula is C13H15ClN2OS. The Morgan fingerprint density at radius 3 is 3.11 bits per heavy atom. The molecule has 0 radical (unpaired) electrons. The number of halogens is 1. The zero-order valence-corrected chi connectivity index (χ0v) is 11.6. The highest BCUT2D eigenvalue weighted by atomic mass is 35.5. The van der Waals surface area contributed by atoms with E-state index >= 15 is 0 Å². The molecule has 1 aliphatic rings. The van der Waals surface area contributed by atoms with Gasteiger partial charge in [0.2, 0.25) is 0 Å².